The van der Waals surface area contributed by atoms with Gasteiger partial charge in [-0.25, -0.2) is 0 Å². The average Bonchev–Trinajstić information content (AvgIpc) is 3.19. The largest absolute Gasteiger partial charge is 0.497 e. The van der Waals surface area contributed by atoms with E-state index in [1.807, 2.05) is 66.9 Å². The van der Waals surface area contributed by atoms with Gasteiger partial charge < -0.3 is 19.1 Å². The highest BCUT2D eigenvalue weighted by atomic mass is 35.5. The summed E-state index contributed by atoms with van der Waals surface area (Å²) in [6, 6.07) is 15.3. The number of hydrogen-bond acceptors (Lipinski definition) is 6. The predicted octanol–water partition coefficient (Wildman–Crippen LogP) is 4.86. The lowest BCUT2D eigenvalue weighted by Gasteiger charge is -2.17. The predicted molar refractivity (Wildman–Crippen MR) is 120 cm³/mol. The van der Waals surface area contributed by atoms with Crippen molar-refractivity contribution in [3.63, 3.8) is 0 Å². The maximum atomic E-state index is 10.4. The Kier molecular flexibility index (Phi) is 8.16. The molecule has 3 rings (SSSR count). The summed E-state index contributed by atoms with van der Waals surface area (Å²) in [5.41, 5.74) is 1.99. The van der Waals surface area contributed by atoms with Crippen molar-refractivity contribution in [3.8, 4) is 17.1 Å². The molecule has 8 heteroatoms. The Morgan fingerprint density at radius 1 is 1.10 bits per heavy atom. The molecule has 2 atom stereocenters. The molecule has 0 radical (unpaired) electrons. The number of aromatic nitrogens is 3. The lowest BCUT2D eigenvalue weighted by atomic mass is 10.1. The quantitative estimate of drug-likeness (QED) is 0.447. The van der Waals surface area contributed by atoms with Crippen LogP contribution in [0.1, 0.15) is 25.5 Å². The minimum Gasteiger partial charge on any atom is -0.497 e. The number of aliphatic hydroxyl groups excluding tert-OH is 1. The average molecular weight is 448 g/mol. The minimum absolute atomic E-state index is 0.122. The zero-order valence-corrected chi connectivity index (χ0v) is 18.9. The van der Waals surface area contributed by atoms with Crippen LogP contribution in [0.5, 0.6) is 5.75 Å². The van der Waals surface area contributed by atoms with Crippen molar-refractivity contribution in [3.05, 3.63) is 59.1 Å². The van der Waals surface area contributed by atoms with Gasteiger partial charge in [0.25, 0.3) is 0 Å². The van der Waals surface area contributed by atoms with Crippen LogP contribution in [0.25, 0.3) is 11.4 Å². The Hall–Kier alpha value is -2.06. The Bertz CT molecular complexity index is 932. The van der Waals surface area contributed by atoms with E-state index >= 15 is 0 Å². The standard InChI is InChI=1S/C22H26ClN3O3S/c1-4-26-21(17-7-11-20(28-3)12-8-17)24-25-22(26)30-14-19(27)13-29-15(2)16-5-9-18(23)10-6-16/h5-12,15,19,27H,4,13-14H2,1-3H3. The van der Waals surface area contributed by atoms with E-state index < -0.39 is 6.10 Å². The van der Waals surface area contributed by atoms with E-state index in [1.165, 1.54) is 11.8 Å². The molecule has 160 valence electrons. The number of nitrogens with zero attached hydrogens (tertiary/aromatic N) is 3. The van der Waals surface area contributed by atoms with Crippen molar-refractivity contribution in [2.24, 2.45) is 0 Å². The van der Waals surface area contributed by atoms with Crippen molar-refractivity contribution in [1.29, 1.82) is 0 Å². The number of halogens is 1. The van der Waals surface area contributed by atoms with E-state index in [1.54, 1.807) is 7.11 Å². The lowest BCUT2D eigenvalue weighted by Crippen LogP contribution is -2.19. The van der Waals surface area contributed by atoms with Crippen LogP contribution in [0, 0.1) is 0 Å². The van der Waals surface area contributed by atoms with Gasteiger partial charge in [0.15, 0.2) is 11.0 Å². The third kappa shape index (κ3) is 5.76. The summed E-state index contributed by atoms with van der Waals surface area (Å²) in [4.78, 5) is 0. The Morgan fingerprint density at radius 2 is 1.80 bits per heavy atom. The molecule has 1 heterocycles. The van der Waals surface area contributed by atoms with E-state index in [0.717, 1.165) is 34.4 Å². The summed E-state index contributed by atoms with van der Waals surface area (Å²) >= 11 is 7.39. The number of aliphatic hydroxyl groups is 1. The van der Waals surface area contributed by atoms with Crippen molar-refractivity contribution >= 4 is 23.4 Å². The molecule has 1 aromatic heterocycles. The summed E-state index contributed by atoms with van der Waals surface area (Å²) in [6.45, 7) is 4.98. The highest BCUT2D eigenvalue weighted by Crippen LogP contribution is 2.26. The SMILES string of the molecule is CCn1c(SCC(O)COC(C)c2ccc(Cl)cc2)nnc1-c1ccc(OC)cc1. The molecule has 0 aliphatic carbocycles. The number of thioether (sulfide) groups is 1. The van der Waals surface area contributed by atoms with Crippen LogP contribution in [0.3, 0.4) is 0 Å². The molecule has 30 heavy (non-hydrogen) atoms. The fourth-order valence-electron chi connectivity index (χ4n) is 2.94. The monoisotopic (exact) mass is 447 g/mol. The Balaban J connectivity index is 1.55. The highest BCUT2D eigenvalue weighted by Gasteiger charge is 2.16. The third-order valence-electron chi connectivity index (χ3n) is 4.66. The van der Waals surface area contributed by atoms with Crippen LogP contribution in [0.15, 0.2) is 53.7 Å². The third-order valence-corrected chi connectivity index (χ3v) is 6.03. The van der Waals surface area contributed by atoms with E-state index in [2.05, 4.69) is 10.2 Å². The zero-order valence-electron chi connectivity index (χ0n) is 17.3. The molecule has 3 aromatic rings. The molecule has 0 aliphatic rings. The maximum absolute atomic E-state index is 10.4. The fraction of sp³-hybridized carbons (Fsp3) is 0.364. The first-order valence-electron chi connectivity index (χ1n) is 9.77. The second-order valence-corrected chi connectivity index (χ2v) is 8.19. The molecular formula is C22H26ClN3O3S. The fourth-order valence-corrected chi connectivity index (χ4v) is 3.97. The minimum atomic E-state index is -0.615. The van der Waals surface area contributed by atoms with Gasteiger partial charge in [-0.1, -0.05) is 35.5 Å². The van der Waals surface area contributed by atoms with Gasteiger partial charge in [0, 0.05) is 22.9 Å². The lowest BCUT2D eigenvalue weighted by molar-refractivity contribution is 0.00621. The van der Waals surface area contributed by atoms with E-state index in [0.29, 0.717) is 10.8 Å². The smallest absolute Gasteiger partial charge is 0.191 e. The molecule has 6 nitrogen and oxygen atoms in total. The molecule has 0 fully saturated rings. The summed E-state index contributed by atoms with van der Waals surface area (Å²) in [5, 5.41) is 20.5. The summed E-state index contributed by atoms with van der Waals surface area (Å²) in [7, 11) is 1.64. The van der Waals surface area contributed by atoms with Gasteiger partial charge in [0.2, 0.25) is 0 Å². The van der Waals surface area contributed by atoms with Gasteiger partial charge in [0.05, 0.1) is 25.9 Å². The molecule has 2 aromatic carbocycles. The summed E-state index contributed by atoms with van der Waals surface area (Å²) < 4.78 is 13.1. The molecule has 0 saturated carbocycles. The molecular weight excluding hydrogens is 422 g/mol. The second kappa shape index (κ2) is 10.8. The van der Waals surface area contributed by atoms with Crippen molar-refractivity contribution in [1.82, 2.24) is 14.8 Å². The number of ether oxygens (including phenoxy) is 2. The molecule has 0 spiro atoms. The molecule has 0 bridgehead atoms. The molecule has 0 aliphatic heterocycles. The van der Waals surface area contributed by atoms with E-state index in [-0.39, 0.29) is 12.7 Å². The number of rotatable bonds is 10. The Morgan fingerprint density at radius 3 is 2.43 bits per heavy atom. The normalized spacial score (nSPS) is 13.2. The number of methoxy groups -OCH3 is 1. The highest BCUT2D eigenvalue weighted by molar-refractivity contribution is 7.99. The first-order chi connectivity index (χ1) is 14.5. The van der Waals surface area contributed by atoms with Crippen molar-refractivity contribution in [2.75, 3.05) is 19.5 Å². The van der Waals surface area contributed by atoms with Gasteiger partial charge >= 0.3 is 0 Å². The molecule has 0 saturated heterocycles. The summed E-state index contributed by atoms with van der Waals surface area (Å²) in [6.07, 6.45) is -0.737. The first-order valence-corrected chi connectivity index (χ1v) is 11.1. The van der Waals surface area contributed by atoms with Crippen LogP contribution < -0.4 is 4.74 Å². The van der Waals surface area contributed by atoms with Crippen molar-refractivity contribution in [2.45, 2.75) is 37.8 Å². The van der Waals surface area contributed by atoms with Crippen LogP contribution in [0.4, 0.5) is 0 Å². The topological polar surface area (TPSA) is 69.4 Å². The zero-order chi connectivity index (χ0) is 21.5. The maximum Gasteiger partial charge on any atom is 0.191 e. The van der Waals surface area contributed by atoms with Crippen LogP contribution in [0.2, 0.25) is 5.02 Å². The van der Waals surface area contributed by atoms with Crippen LogP contribution >= 0.6 is 23.4 Å². The van der Waals surface area contributed by atoms with Crippen molar-refractivity contribution < 1.29 is 14.6 Å². The van der Waals surface area contributed by atoms with Gasteiger partial charge in [-0.2, -0.15) is 0 Å². The van der Waals surface area contributed by atoms with Crippen LogP contribution in [-0.2, 0) is 11.3 Å². The van der Waals surface area contributed by atoms with E-state index in [4.69, 9.17) is 21.1 Å². The number of benzene rings is 2. The van der Waals surface area contributed by atoms with Gasteiger partial charge in [-0.3, -0.25) is 0 Å². The van der Waals surface area contributed by atoms with Gasteiger partial charge in [0.1, 0.15) is 5.75 Å². The second-order valence-electron chi connectivity index (χ2n) is 6.77. The van der Waals surface area contributed by atoms with Gasteiger partial charge in [-0.15, -0.1) is 10.2 Å². The Labute approximate surface area is 186 Å². The van der Waals surface area contributed by atoms with E-state index in [9.17, 15) is 5.11 Å². The van der Waals surface area contributed by atoms with Gasteiger partial charge in [-0.05, 0) is 55.8 Å². The van der Waals surface area contributed by atoms with Crippen LogP contribution in [-0.4, -0.2) is 45.4 Å². The molecule has 1 N–H and O–H groups in total. The molecule has 0 amide bonds. The summed E-state index contributed by atoms with van der Waals surface area (Å²) in [5.74, 6) is 2.06. The number of hydrogen-bond donors (Lipinski definition) is 1. The first kappa shape index (κ1) is 22.6. The molecule has 2 unspecified atom stereocenters.